The highest BCUT2D eigenvalue weighted by Gasteiger charge is 2.66. The molecule has 3 N–H and O–H groups in total. The number of benzene rings is 2. The number of aromatic hydroxyl groups is 1. The molecule has 0 unspecified atom stereocenters. The molecular weight excluding hydrogens is 440 g/mol. The molecule has 4 rings (SSSR count). The van der Waals surface area contributed by atoms with Gasteiger partial charge in [0.15, 0.2) is 0 Å². The number of carboxylic acid groups (broad SMARTS) is 1. The molecule has 0 spiro atoms. The van der Waals surface area contributed by atoms with E-state index in [9.17, 15) is 24.6 Å². The normalized spacial score (nSPS) is 28.6. The molecule has 0 aliphatic carbocycles. The quantitative estimate of drug-likeness (QED) is 0.607. The lowest BCUT2D eigenvalue weighted by atomic mass is 9.80. The number of hydrogen-bond acceptors (Lipinski definition) is 5. The van der Waals surface area contributed by atoms with Crippen LogP contribution in [0.3, 0.4) is 0 Å². The Bertz CT molecular complexity index is 1010. The minimum atomic E-state index is -1.64. The van der Waals surface area contributed by atoms with Gasteiger partial charge in [-0.05, 0) is 30.7 Å². The SMILES string of the molecule is C[C@]1(C(=O)O)N[C@H](c2cc(Br)ccc2O)[C@H]2C(=O)N(Cc3ccccc3)C(=O)[C@H]21. The molecule has 4 atom stereocenters. The maximum Gasteiger partial charge on any atom is 0.324 e. The highest BCUT2D eigenvalue weighted by Crippen LogP contribution is 2.50. The summed E-state index contributed by atoms with van der Waals surface area (Å²) in [4.78, 5) is 39.7. The molecule has 2 aromatic rings. The van der Waals surface area contributed by atoms with Gasteiger partial charge in [-0.2, -0.15) is 0 Å². The van der Waals surface area contributed by atoms with E-state index in [1.807, 2.05) is 18.2 Å². The van der Waals surface area contributed by atoms with E-state index < -0.39 is 41.2 Å². The van der Waals surface area contributed by atoms with E-state index in [1.54, 1.807) is 24.3 Å². The summed E-state index contributed by atoms with van der Waals surface area (Å²) in [6.07, 6.45) is 0. The van der Waals surface area contributed by atoms with Gasteiger partial charge in [-0.25, -0.2) is 0 Å². The van der Waals surface area contributed by atoms with Gasteiger partial charge in [-0.15, -0.1) is 0 Å². The molecule has 0 radical (unpaired) electrons. The summed E-state index contributed by atoms with van der Waals surface area (Å²) in [6, 6.07) is 13.0. The topological polar surface area (TPSA) is 107 Å². The highest BCUT2D eigenvalue weighted by atomic mass is 79.9. The van der Waals surface area contributed by atoms with Crippen LogP contribution in [-0.2, 0) is 20.9 Å². The monoisotopic (exact) mass is 458 g/mol. The van der Waals surface area contributed by atoms with Gasteiger partial charge in [0.1, 0.15) is 11.3 Å². The van der Waals surface area contributed by atoms with Crippen molar-refractivity contribution < 1.29 is 24.6 Å². The summed E-state index contributed by atoms with van der Waals surface area (Å²) >= 11 is 3.34. The van der Waals surface area contributed by atoms with E-state index >= 15 is 0 Å². The molecule has 2 saturated heterocycles. The number of carbonyl (C=O) groups is 3. The maximum atomic E-state index is 13.3. The summed E-state index contributed by atoms with van der Waals surface area (Å²) in [5.74, 6) is -4.23. The number of imide groups is 1. The average molecular weight is 459 g/mol. The number of carboxylic acids is 1. The van der Waals surface area contributed by atoms with Crippen molar-refractivity contribution in [3.63, 3.8) is 0 Å². The maximum absolute atomic E-state index is 13.3. The molecule has 0 bridgehead atoms. The second-order valence-corrected chi connectivity index (χ2v) is 8.50. The van der Waals surface area contributed by atoms with E-state index in [2.05, 4.69) is 21.2 Å². The Morgan fingerprint density at radius 1 is 1.17 bits per heavy atom. The van der Waals surface area contributed by atoms with Gasteiger partial charge in [-0.1, -0.05) is 46.3 Å². The fourth-order valence-corrected chi connectivity index (χ4v) is 4.74. The van der Waals surface area contributed by atoms with E-state index in [4.69, 9.17) is 0 Å². The third-order valence-electron chi connectivity index (χ3n) is 5.83. The second-order valence-electron chi connectivity index (χ2n) is 7.58. The Balaban J connectivity index is 1.78. The molecule has 2 aliphatic heterocycles. The zero-order valence-electron chi connectivity index (χ0n) is 15.5. The lowest BCUT2D eigenvalue weighted by molar-refractivity contribution is -0.150. The predicted molar refractivity (Wildman–Crippen MR) is 107 cm³/mol. The summed E-state index contributed by atoms with van der Waals surface area (Å²) in [5, 5.41) is 23.2. The minimum Gasteiger partial charge on any atom is -0.508 e. The lowest BCUT2D eigenvalue weighted by Crippen LogP contribution is -2.53. The van der Waals surface area contributed by atoms with Gasteiger partial charge in [0.25, 0.3) is 0 Å². The van der Waals surface area contributed by atoms with Gasteiger partial charge >= 0.3 is 5.97 Å². The van der Waals surface area contributed by atoms with Crippen LogP contribution in [0.5, 0.6) is 5.75 Å². The van der Waals surface area contributed by atoms with Crippen molar-refractivity contribution in [1.82, 2.24) is 10.2 Å². The molecule has 2 aliphatic rings. The van der Waals surface area contributed by atoms with Crippen LogP contribution in [0.4, 0.5) is 0 Å². The third-order valence-corrected chi connectivity index (χ3v) is 6.32. The van der Waals surface area contributed by atoms with Crippen molar-refractivity contribution >= 4 is 33.7 Å². The molecule has 2 aromatic carbocycles. The van der Waals surface area contributed by atoms with Crippen LogP contribution >= 0.6 is 15.9 Å². The van der Waals surface area contributed by atoms with Crippen molar-refractivity contribution in [1.29, 1.82) is 0 Å². The van der Waals surface area contributed by atoms with Crippen molar-refractivity contribution in [2.45, 2.75) is 25.0 Å². The first-order valence-corrected chi connectivity index (χ1v) is 9.92. The van der Waals surface area contributed by atoms with Gasteiger partial charge in [0.05, 0.1) is 18.4 Å². The molecule has 2 heterocycles. The Morgan fingerprint density at radius 2 is 1.86 bits per heavy atom. The molecule has 0 saturated carbocycles. The standard InChI is InChI=1S/C21H19BrN2O5/c1-21(20(28)29)16-15(17(23-21)13-9-12(22)7-8-14(13)25)18(26)24(19(16)27)10-11-5-3-2-4-6-11/h2-9,15-17,23,25H,10H2,1H3,(H,28,29)/t15-,16-,17+,21-/m0/s1. The largest absolute Gasteiger partial charge is 0.508 e. The number of hydrogen-bond donors (Lipinski definition) is 3. The Labute approximate surface area is 175 Å². The zero-order valence-corrected chi connectivity index (χ0v) is 17.1. The van der Waals surface area contributed by atoms with Crippen LogP contribution in [0.1, 0.15) is 24.1 Å². The Hall–Kier alpha value is -2.71. The number of aliphatic carboxylic acids is 1. The summed E-state index contributed by atoms with van der Waals surface area (Å²) < 4.78 is 0.672. The molecule has 2 fully saturated rings. The lowest BCUT2D eigenvalue weighted by Gasteiger charge is -2.27. The van der Waals surface area contributed by atoms with E-state index in [0.29, 0.717) is 10.0 Å². The fraction of sp³-hybridized carbons (Fsp3) is 0.286. The first kappa shape index (κ1) is 19.6. The Kier molecular flexibility index (Phi) is 4.71. The van der Waals surface area contributed by atoms with Crippen LogP contribution in [0.15, 0.2) is 53.0 Å². The number of amides is 2. The number of carbonyl (C=O) groups excluding carboxylic acids is 2. The molecule has 8 heteroatoms. The number of fused-ring (bicyclic) bond motifs is 1. The number of likely N-dealkylation sites (tertiary alicyclic amines) is 1. The van der Waals surface area contributed by atoms with E-state index in [1.165, 1.54) is 13.0 Å². The first-order chi connectivity index (χ1) is 13.7. The van der Waals surface area contributed by atoms with E-state index in [0.717, 1.165) is 10.5 Å². The van der Waals surface area contributed by atoms with Crippen molar-refractivity contribution in [3.05, 3.63) is 64.1 Å². The van der Waals surface area contributed by atoms with Crippen molar-refractivity contribution in [2.75, 3.05) is 0 Å². The van der Waals surface area contributed by atoms with Crippen LogP contribution in [0, 0.1) is 11.8 Å². The highest BCUT2D eigenvalue weighted by molar-refractivity contribution is 9.10. The Morgan fingerprint density at radius 3 is 2.52 bits per heavy atom. The van der Waals surface area contributed by atoms with Crippen LogP contribution in [0.2, 0.25) is 0 Å². The number of nitrogens with one attached hydrogen (secondary N) is 1. The smallest absolute Gasteiger partial charge is 0.324 e. The molecule has 2 amide bonds. The summed E-state index contributed by atoms with van der Waals surface area (Å²) in [6.45, 7) is 1.50. The number of phenols is 1. The third kappa shape index (κ3) is 3.03. The van der Waals surface area contributed by atoms with E-state index in [-0.39, 0.29) is 12.3 Å². The van der Waals surface area contributed by atoms with Crippen molar-refractivity contribution in [2.24, 2.45) is 11.8 Å². The minimum absolute atomic E-state index is 0.0687. The molecule has 7 nitrogen and oxygen atoms in total. The number of nitrogens with zero attached hydrogens (tertiary/aromatic N) is 1. The van der Waals surface area contributed by atoms with Crippen LogP contribution < -0.4 is 5.32 Å². The second kappa shape index (κ2) is 6.96. The van der Waals surface area contributed by atoms with Gasteiger partial charge in [0.2, 0.25) is 11.8 Å². The average Bonchev–Trinajstić information content (AvgIpc) is 3.14. The van der Waals surface area contributed by atoms with Crippen molar-refractivity contribution in [3.8, 4) is 5.75 Å². The predicted octanol–water partition coefficient (Wildman–Crippen LogP) is 2.44. The molecule has 150 valence electrons. The number of rotatable bonds is 4. The molecule has 0 aromatic heterocycles. The zero-order chi connectivity index (χ0) is 20.9. The van der Waals surface area contributed by atoms with Gasteiger partial charge in [-0.3, -0.25) is 24.6 Å². The summed E-state index contributed by atoms with van der Waals surface area (Å²) in [5.41, 5.74) is -0.481. The summed E-state index contributed by atoms with van der Waals surface area (Å²) in [7, 11) is 0. The molecular formula is C21H19BrN2O5. The number of halogens is 1. The van der Waals surface area contributed by atoms with Gasteiger partial charge < -0.3 is 10.2 Å². The van der Waals surface area contributed by atoms with Gasteiger partial charge in [0, 0.05) is 16.1 Å². The van der Waals surface area contributed by atoms with Crippen LogP contribution in [-0.4, -0.2) is 38.4 Å². The van der Waals surface area contributed by atoms with Crippen LogP contribution in [0.25, 0.3) is 0 Å². The molecule has 29 heavy (non-hydrogen) atoms. The number of phenolic OH excluding ortho intramolecular Hbond substituents is 1. The first-order valence-electron chi connectivity index (χ1n) is 9.12. The fourth-order valence-electron chi connectivity index (χ4n) is 4.36.